The fourth-order valence-electron chi connectivity index (χ4n) is 6.57. The van der Waals surface area contributed by atoms with Crippen LogP contribution in [0.3, 0.4) is 0 Å². The van der Waals surface area contributed by atoms with E-state index in [1.807, 2.05) is 0 Å². The van der Waals surface area contributed by atoms with Crippen molar-refractivity contribution in [1.82, 2.24) is 4.98 Å². The molecule has 2 atom stereocenters. The molecule has 1 aromatic carbocycles. The Morgan fingerprint density at radius 1 is 0.550 bits per heavy atom. The third kappa shape index (κ3) is 17.3. The topological polar surface area (TPSA) is 19.7 Å². The van der Waals surface area contributed by atoms with Crippen LogP contribution in [0.2, 0.25) is 0 Å². The molecule has 2 rings (SSSR count). The van der Waals surface area contributed by atoms with Crippen molar-refractivity contribution >= 4 is 0 Å². The number of benzene rings is 1. The summed E-state index contributed by atoms with van der Waals surface area (Å²) in [6, 6.07) is 11.9. The van der Waals surface area contributed by atoms with E-state index in [2.05, 4.69) is 72.5 Å². The molecule has 0 radical (unpaired) electrons. The Morgan fingerprint density at radius 2 is 1.00 bits per heavy atom. The van der Waals surface area contributed by atoms with Gasteiger partial charge in [-0.1, -0.05) is 179 Å². The summed E-state index contributed by atoms with van der Waals surface area (Å²) in [7, 11) is 0. The van der Waals surface area contributed by atoms with Crippen LogP contribution in [0, 0.1) is 5.92 Å². The number of aromatic amines is 1. The number of unbranched alkanes of at least 4 members (excludes halogenated alkanes) is 20. The maximum absolute atomic E-state index is 3.33. The molecule has 0 saturated heterocycles. The lowest BCUT2D eigenvalue weighted by atomic mass is 9.84. The van der Waals surface area contributed by atoms with Crippen molar-refractivity contribution in [3.05, 3.63) is 54.6 Å². The van der Waals surface area contributed by atoms with Gasteiger partial charge in [-0.05, 0) is 31.2 Å². The number of aromatic nitrogens is 2. The van der Waals surface area contributed by atoms with E-state index in [-0.39, 0.29) is 0 Å². The van der Waals surface area contributed by atoms with Crippen LogP contribution in [0.4, 0.5) is 0 Å². The molecular weight excluding hydrogens is 484 g/mol. The number of hydrogen-bond acceptors (Lipinski definition) is 0. The SMILES string of the molecule is CCCCCCCCCCCCCCCCCCCC(Cc1ccccc1)C(CCCCCCC)[n+]1cc[nH]c1. The second-order valence-electron chi connectivity index (χ2n) is 12.7. The third-order valence-electron chi connectivity index (χ3n) is 9.12. The van der Waals surface area contributed by atoms with E-state index in [1.54, 1.807) is 0 Å². The maximum Gasteiger partial charge on any atom is 0.241 e. The zero-order valence-electron chi connectivity index (χ0n) is 26.9. The van der Waals surface area contributed by atoms with Crippen LogP contribution in [-0.4, -0.2) is 4.98 Å². The Morgan fingerprint density at radius 3 is 1.45 bits per heavy atom. The molecule has 2 aromatic rings. The lowest BCUT2D eigenvalue weighted by Crippen LogP contribution is -2.42. The smallest absolute Gasteiger partial charge is 0.241 e. The van der Waals surface area contributed by atoms with E-state index in [0.717, 1.165) is 0 Å². The van der Waals surface area contributed by atoms with Gasteiger partial charge in [0.25, 0.3) is 0 Å². The Hall–Kier alpha value is -1.57. The summed E-state index contributed by atoms with van der Waals surface area (Å²) in [4.78, 5) is 3.33. The van der Waals surface area contributed by atoms with Crippen LogP contribution in [0.15, 0.2) is 49.1 Å². The predicted molar refractivity (Wildman–Crippen MR) is 176 cm³/mol. The van der Waals surface area contributed by atoms with Gasteiger partial charge in [0.15, 0.2) is 0 Å². The molecule has 2 heteroatoms. The molecule has 0 aliphatic rings. The molecule has 2 nitrogen and oxygen atoms in total. The van der Waals surface area contributed by atoms with Crippen molar-refractivity contribution in [2.75, 3.05) is 0 Å². The molecule has 0 bridgehead atoms. The second-order valence-corrected chi connectivity index (χ2v) is 12.7. The van der Waals surface area contributed by atoms with E-state index >= 15 is 0 Å². The molecule has 1 N–H and O–H groups in total. The lowest BCUT2D eigenvalue weighted by Gasteiger charge is -2.25. The normalized spacial score (nSPS) is 13.1. The minimum absolute atomic E-state index is 0.606. The predicted octanol–water partition coefficient (Wildman–Crippen LogP) is 12.1. The number of hydrogen-bond donors (Lipinski definition) is 1. The van der Waals surface area contributed by atoms with Gasteiger partial charge in [0.2, 0.25) is 6.33 Å². The second kappa shape index (κ2) is 25.2. The van der Waals surface area contributed by atoms with Crippen molar-refractivity contribution in [3.63, 3.8) is 0 Å². The zero-order chi connectivity index (χ0) is 28.4. The molecule has 0 aliphatic heterocycles. The molecule has 1 aromatic heterocycles. The zero-order valence-corrected chi connectivity index (χ0v) is 26.9. The number of nitrogens with one attached hydrogen (secondary N) is 1. The van der Waals surface area contributed by atoms with Gasteiger partial charge in [0, 0.05) is 5.92 Å². The first-order valence-corrected chi connectivity index (χ1v) is 17.9. The third-order valence-corrected chi connectivity index (χ3v) is 9.12. The summed E-state index contributed by atoms with van der Waals surface area (Å²) in [5.41, 5.74) is 1.51. The molecule has 2 unspecified atom stereocenters. The summed E-state index contributed by atoms with van der Waals surface area (Å²) >= 11 is 0. The van der Waals surface area contributed by atoms with Crippen LogP contribution in [0.1, 0.15) is 180 Å². The number of nitrogens with zero attached hydrogens (tertiary/aromatic N) is 1. The average Bonchev–Trinajstić information content (AvgIpc) is 3.51. The fourth-order valence-corrected chi connectivity index (χ4v) is 6.57. The van der Waals surface area contributed by atoms with E-state index in [0.29, 0.717) is 12.0 Å². The van der Waals surface area contributed by atoms with E-state index in [4.69, 9.17) is 0 Å². The van der Waals surface area contributed by atoms with Gasteiger partial charge in [-0.2, -0.15) is 0 Å². The summed E-state index contributed by atoms with van der Waals surface area (Å²) in [5.74, 6) is 0.714. The van der Waals surface area contributed by atoms with Crippen LogP contribution >= 0.6 is 0 Å². The minimum Gasteiger partial charge on any atom is -0.250 e. The van der Waals surface area contributed by atoms with Crippen molar-refractivity contribution in [2.24, 2.45) is 5.92 Å². The summed E-state index contributed by atoms with van der Waals surface area (Å²) < 4.78 is 2.49. The molecule has 0 amide bonds. The van der Waals surface area contributed by atoms with Crippen molar-refractivity contribution < 1.29 is 4.57 Å². The molecular formula is C38H67N2+. The van der Waals surface area contributed by atoms with Crippen LogP contribution in [-0.2, 0) is 6.42 Å². The van der Waals surface area contributed by atoms with Crippen molar-refractivity contribution in [3.8, 4) is 0 Å². The molecule has 0 saturated carbocycles. The first kappa shape index (κ1) is 34.6. The summed E-state index contributed by atoms with van der Waals surface area (Å²) in [6.07, 6.45) is 41.8. The summed E-state index contributed by atoms with van der Waals surface area (Å²) in [5, 5.41) is 0. The van der Waals surface area contributed by atoms with Gasteiger partial charge < -0.3 is 0 Å². The fraction of sp³-hybridized carbons (Fsp3) is 0.763. The molecule has 0 aliphatic carbocycles. The number of H-pyrrole nitrogens is 1. The van der Waals surface area contributed by atoms with Crippen molar-refractivity contribution in [1.29, 1.82) is 0 Å². The highest BCUT2D eigenvalue weighted by atomic mass is 15.1. The monoisotopic (exact) mass is 552 g/mol. The standard InChI is InChI=1S/C38H66N2/c1-3-5-7-9-10-11-12-13-14-15-16-17-18-19-20-22-26-30-37(34-36-28-24-23-25-29-36)38(40-33-32-39-35-40)31-27-21-8-6-4-2/h23-25,28-29,32-33,35,37-38H,3-22,26-27,30-31,34H2,1-2H3/p+1. The highest BCUT2D eigenvalue weighted by Crippen LogP contribution is 2.29. The van der Waals surface area contributed by atoms with Crippen molar-refractivity contribution in [2.45, 2.75) is 180 Å². The van der Waals surface area contributed by atoms with Gasteiger partial charge in [-0.25, -0.2) is 4.57 Å². The van der Waals surface area contributed by atoms with Crippen LogP contribution in [0.25, 0.3) is 0 Å². The summed E-state index contributed by atoms with van der Waals surface area (Å²) in [6.45, 7) is 4.62. The quantitative estimate of drug-likeness (QED) is 0.0801. The molecule has 0 spiro atoms. The van der Waals surface area contributed by atoms with E-state index < -0.39 is 0 Å². The molecule has 40 heavy (non-hydrogen) atoms. The van der Waals surface area contributed by atoms with Crippen LogP contribution < -0.4 is 4.57 Å². The number of imidazole rings is 1. The maximum atomic E-state index is 3.33. The Balaban J connectivity index is 1.62. The first-order valence-electron chi connectivity index (χ1n) is 17.9. The average molecular weight is 552 g/mol. The van der Waals surface area contributed by atoms with E-state index in [1.165, 1.54) is 166 Å². The van der Waals surface area contributed by atoms with Gasteiger partial charge in [-0.15, -0.1) is 0 Å². The molecule has 0 fully saturated rings. The Labute approximate surface area is 250 Å². The lowest BCUT2D eigenvalue weighted by molar-refractivity contribution is -0.730. The Bertz CT molecular complexity index is 753. The highest BCUT2D eigenvalue weighted by molar-refractivity contribution is 5.15. The number of rotatable bonds is 28. The minimum atomic E-state index is 0.606. The van der Waals surface area contributed by atoms with Gasteiger partial charge >= 0.3 is 0 Å². The first-order chi connectivity index (χ1) is 19.8. The molecule has 228 valence electrons. The highest BCUT2D eigenvalue weighted by Gasteiger charge is 2.26. The van der Waals surface area contributed by atoms with Gasteiger partial charge in [-0.3, -0.25) is 4.98 Å². The Kier molecular flexibility index (Phi) is 21.8. The van der Waals surface area contributed by atoms with Gasteiger partial charge in [0.05, 0.1) is 0 Å². The van der Waals surface area contributed by atoms with Gasteiger partial charge in [0.1, 0.15) is 18.4 Å². The van der Waals surface area contributed by atoms with Crippen LogP contribution in [0.5, 0.6) is 0 Å². The largest absolute Gasteiger partial charge is 0.250 e. The van der Waals surface area contributed by atoms with E-state index in [9.17, 15) is 0 Å². The molecule has 1 heterocycles.